The highest BCUT2D eigenvalue weighted by Crippen LogP contribution is 2.21. The number of carbonyl (C=O) groups is 2. The first kappa shape index (κ1) is 22.2. The molecule has 0 bridgehead atoms. The first-order valence-electron chi connectivity index (χ1n) is 8.57. The van der Waals surface area contributed by atoms with Gasteiger partial charge in [0.1, 0.15) is 5.78 Å². The Kier molecular flexibility index (Phi) is 12.2. The third-order valence-corrected chi connectivity index (χ3v) is 6.50. The van der Waals surface area contributed by atoms with Crippen LogP contribution in [0.1, 0.15) is 59.8 Å². The van der Waals surface area contributed by atoms with Gasteiger partial charge in [-0.3, -0.25) is 9.59 Å². The zero-order valence-corrected chi connectivity index (χ0v) is 16.3. The molecule has 0 aromatic rings. The SMILES string of the molecule is CCO[Si](CCCCC(=O)CCC(=O)NC)(OCC)OC(C)C. The number of carbonyl (C=O) groups excluding carboxylic acids is 2. The van der Waals surface area contributed by atoms with Crippen LogP contribution < -0.4 is 5.32 Å². The summed E-state index contributed by atoms with van der Waals surface area (Å²) in [5.41, 5.74) is 0. The number of hydrogen-bond acceptors (Lipinski definition) is 5. The van der Waals surface area contributed by atoms with Gasteiger partial charge in [0, 0.05) is 51.7 Å². The van der Waals surface area contributed by atoms with E-state index in [0.717, 1.165) is 18.9 Å². The van der Waals surface area contributed by atoms with Gasteiger partial charge in [-0.15, -0.1) is 0 Å². The molecule has 6 nitrogen and oxygen atoms in total. The maximum absolute atomic E-state index is 11.8. The minimum atomic E-state index is -2.65. The molecule has 1 N–H and O–H groups in total. The Labute approximate surface area is 141 Å². The summed E-state index contributed by atoms with van der Waals surface area (Å²) in [6.07, 6.45) is 2.70. The lowest BCUT2D eigenvalue weighted by molar-refractivity contribution is -0.125. The Morgan fingerprint density at radius 3 is 2.09 bits per heavy atom. The average molecular weight is 348 g/mol. The van der Waals surface area contributed by atoms with E-state index < -0.39 is 8.80 Å². The van der Waals surface area contributed by atoms with Gasteiger partial charge in [0.25, 0.3) is 0 Å². The second-order valence-electron chi connectivity index (χ2n) is 5.63. The largest absolute Gasteiger partial charge is 0.501 e. The highest BCUT2D eigenvalue weighted by Gasteiger charge is 2.40. The van der Waals surface area contributed by atoms with Gasteiger partial charge in [-0.05, 0) is 40.5 Å². The molecule has 0 atom stereocenters. The van der Waals surface area contributed by atoms with Crippen LogP contribution in [0, 0.1) is 0 Å². The van der Waals surface area contributed by atoms with E-state index >= 15 is 0 Å². The Bertz CT molecular complexity index is 343. The standard InChI is InChI=1S/C16H33NO5Si/c1-6-20-23(21-7-2,22-14(3)4)13-9-8-10-15(18)11-12-16(19)17-5/h14H,6-13H2,1-5H3,(H,17,19). The summed E-state index contributed by atoms with van der Waals surface area (Å²) in [6.45, 7) is 8.94. The molecule has 0 radical (unpaired) electrons. The summed E-state index contributed by atoms with van der Waals surface area (Å²) in [4.78, 5) is 22.9. The van der Waals surface area contributed by atoms with E-state index in [1.165, 1.54) is 0 Å². The van der Waals surface area contributed by atoms with Crippen LogP contribution in [0.3, 0.4) is 0 Å². The quantitative estimate of drug-likeness (QED) is 0.386. The number of nitrogens with one attached hydrogen (secondary N) is 1. The number of ketones is 1. The Morgan fingerprint density at radius 2 is 1.61 bits per heavy atom. The third-order valence-electron chi connectivity index (χ3n) is 3.24. The van der Waals surface area contributed by atoms with E-state index in [1.807, 2.05) is 27.7 Å². The maximum Gasteiger partial charge on any atom is 0.501 e. The molecule has 0 fully saturated rings. The molecule has 0 heterocycles. The molecule has 0 aromatic carbocycles. The molecule has 0 aliphatic carbocycles. The fourth-order valence-corrected chi connectivity index (χ4v) is 5.19. The lowest BCUT2D eigenvalue weighted by atomic mass is 10.1. The van der Waals surface area contributed by atoms with Gasteiger partial charge in [-0.1, -0.05) is 0 Å². The summed E-state index contributed by atoms with van der Waals surface area (Å²) in [7, 11) is -1.07. The summed E-state index contributed by atoms with van der Waals surface area (Å²) >= 11 is 0. The summed E-state index contributed by atoms with van der Waals surface area (Å²) in [6, 6.07) is 0.718. The van der Waals surface area contributed by atoms with Crippen molar-refractivity contribution in [3.8, 4) is 0 Å². The van der Waals surface area contributed by atoms with Crippen LogP contribution in [0.2, 0.25) is 6.04 Å². The topological polar surface area (TPSA) is 73.9 Å². The minimum Gasteiger partial charge on any atom is -0.374 e. The van der Waals surface area contributed by atoms with E-state index in [2.05, 4.69) is 5.32 Å². The fraction of sp³-hybridized carbons (Fsp3) is 0.875. The molecule has 0 aromatic heterocycles. The lowest BCUT2D eigenvalue weighted by Crippen LogP contribution is -2.47. The van der Waals surface area contributed by atoms with Crippen molar-refractivity contribution >= 4 is 20.5 Å². The molecule has 0 saturated carbocycles. The van der Waals surface area contributed by atoms with Crippen LogP contribution in [-0.2, 0) is 22.9 Å². The highest BCUT2D eigenvalue weighted by atomic mass is 28.4. The van der Waals surface area contributed by atoms with E-state index in [1.54, 1.807) is 7.05 Å². The van der Waals surface area contributed by atoms with Crippen LogP contribution in [0.4, 0.5) is 0 Å². The Hall–Kier alpha value is -0.763. The first-order chi connectivity index (χ1) is 10.9. The summed E-state index contributed by atoms with van der Waals surface area (Å²) < 4.78 is 17.7. The molecule has 0 aliphatic heterocycles. The molecule has 7 heteroatoms. The van der Waals surface area contributed by atoms with Crippen molar-refractivity contribution in [2.75, 3.05) is 20.3 Å². The van der Waals surface area contributed by atoms with Crippen molar-refractivity contribution in [2.24, 2.45) is 0 Å². The predicted octanol–water partition coefficient (Wildman–Crippen LogP) is 2.69. The molecule has 0 unspecified atom stereocenters. The van der Waals surface area contributed by atoms with Crippen LogP contribution in [0.5, 0.6) is 0 Å². The minimum absolute atomic E-state index is 0.0500. The molecule has 136 valence electrons. The van der Waals surface area contributed by atoms with Gasteiger partial charge in [-0.2, -0.15) is 0 Å². The van der Waals surface area contributed by atoms with Crippen molar-refractivity contribution < 1.29 is 22.9 Å². The first-order valence-corrected chi connectivity index (χ1v) is 10.5. The predicted molar refractivity (Wildman–Crippen MR) is 92.2 cm³/mol. The lowest BCUT2D eigenvalue weighted by Gasteiger charge is -2.30. The number of amides is 1. The molecular weight excluding hydrogens is 314 g/mol. The summed E-state index contributed by atoms with van der Waals surface area (Å²) in [5.74, 6) is 0.0289. The third kappa shape index (κ3) is 10.6. The van der Waals surface area contributed by atoms with Crippen LogP contribution in [-0.4, -0.2) is 46.9 Å². The smallest absolute Gasteiger partial charge is 0.374 e. The van der Waals surface area contributed by atoms with Crippen LogP contribution >= 0.6 is 0 Å². The van der Waals surface area contributed by atoms with E-state index in [4.69, 9.17) is 13.3 Å². The van der Waals surface area contributed by atoms with Crippen molar-refractivity contribution in [3.63, 3.8) is 0 Å². The van der Waals surface area contributed by atoms with E-state index in [9.17, 15) is 9.59 Å². The molecule has 1 amide bonds. The second-order valence-corrected chi connectivity index (χ2v) is 8.31. The van der Waals surface area contributed by atoms with Gasteiger partial charge in [0.2, 0.25) is 5.91 Å². The second kappa shape index (κ2) is 12.6. The maximum atomic E-state index is 11.8. The van der Waals surface area contributed by atoms with Crippen LogP contribution in [0.25, 0.3) is 0 Å². The molecule has 0 spiro atoms. The molecule has 0 aliphatic rings. The highest BCUT2D eigenvalue weighted by molar-refractivity contribution is 6.60. The number of hydrogen-bond donors (Lipinski definition) is 1. The normalized spacial score (nSPS) is 11.7. The average Bonchev–Trinajstić information content (AvgIpc) is 2.49. The number of rotatable bonds is 14. The van der Waals surface area contributed by atoms with Crippen molar-refractivity contribution in [1.82, 2.24) is 5.32 Å². The number of Topliss-reactive ketones (excluding diaryl/α,β-unsaturated/α-hetero) is 1. The van der Waals surface area contributed by atoms with Gasteiger partial charge in [0.15, 0.2) is 0 Å². The van der Waals surface area contributed by atoms with Crippen molar-refractivity contribution in [2.45, 2.75) is 71.9 Å². The summed E-state index contributed by atoms with van der Waals surface area (Å²) in [5, 5.41) is 2.52. The van der Waals surface area contributed by atoms with E-state index in [0.29, 0.717) is 26.1 Å². The fourth-order valence-electron chi connectivity index (χ4n) is 2.28. The van der Waals surface area contributed by atoms with Gasteiger partial charge < -0.3 is 18.6 Å². The van der Waals surface area contributed by atoms with Crippen LogP contribution in [0.15, 0.2) is 0 Å². The van der Waals surface area contributed by atoms with E-state index in [-0.39, 0.29) is 24.2 Å². The molecular formula is C16H33NO5Si. The van der Waals surface area contributed by atoms with Gasteiger partial charge in [0.05, 0.1) is 0 Å². The Morgan fingerprint density at radius 1 is 1.00 bits per heavy atom. The van der Waals surface area contributed by atoms with Gasteiger partial charge in [-0.25, -0.2) is 0 Å². The Balaban J connectivity index is 4.24. The number of unbranched alkanes of at least 4 members (excludes halogenated alkanes) is 1. The van der Waals surface area contributed by atoms with Gasteiger partial charge >= 0.3 is 8.80 Å². The zero-order valence-electron chi connectivity index (χ0n) is 15.3. The molecule has 0 rings (SSSR count). The van der Waals surface area contributed by atoms with Crippen molar-refractivity contribution in [1.29, 1.82) is 0 Å². The monoisotopic (exact) mass is 347 g/mol. The molecule has 23 heavy (non-hydrogen) atoms. The van der Waals surface area contributed by atoms with Crippen molar-refractivity contribution in [3.05, 3.63) is 0 Å². The molecule has 0 saturated heterocycles. The zero-order chi connectivity index (χ0) is 17.7.